The van der Waals surface area contributed by atoms with Crippen molar-refractivity contribution in [3.8, 4) is 0 Å². The van der Waals surface area contributed by atoms with Gasteiger partial charge in [-0.05, 0) is 25.5 Å². The maximum Gasteiger partial charge on any atom is 0.272 e. The van der Waals surface area contributed by atoms with Crippen LogP contribution in [-0.4, -0.2) is 16.2 Å². The van der Waals surface area contributed by atoms with Gasteiger partial charge in [0.05, 0.1) is 11.0 Å². The highest BCUT2D eigenvalue weighted by Gasteiger charge is 2.12. The van der Waals surface area contributed by atoms with Gasteiger partial charge in [0.1, 0.15) is 5.82 Å². The molecule has 1 aromatic rings. The zero-order valence-corrected chi connectivity index (χ0v) is 10.6. The molecule has 0 fully saturated rings. The molecular formula is C11H15FN2O2S. The number of nitro benzene ring substituents is 1. The van der Waals surface area contributed by atoms with E-state index in [9.17, 15) is 14.5 Å². The molecule has 4 nitrogen and oxygen atoms in total. The molecule has 1 rings (SSSR count). The minimum Gasteiger partial charge on any atom is -0.325 e. The highest BCUT2D eigenvalue weighted by Crippen LogP contribution is 2.21. The van der Waals surface area contributed by atoms with Crippen LogP contribution in [0.5, 0.6) is 0 Å². The Morgan fingerprint density at radius 1 is 1.47 bits per heavy atom. The number of rotatable bonds is 5. The van der Waals surface area contributed by atoms with E-state index in [1.165, 1.54) is 23.9 Å². The van der Waals surface area contributed by atoms with Gasteiger partial charge in [0.15, 0.2) is 0 Å². The Balaban J connectivity index is 2.68. The topological polar surface area (TPSA) is 69.2 Å². The van der Waals surface area contributed by atoms with Gasteiger partial charge in [-0.1, -0.05) is 0 Å². The van der Waals surface area contributed by atoms with Crippen LogP contribution in [0.2, 0.25) is 0 Å². The molecule has 94 valence electrons. The van der Waals surface area contributed by atoms with Crippen molar-refractivity contribution in [3.63, 3.8) is 0 Å². The van der Waals surface area contributed by atoms with E-state index in [-0.39, 0.29) is 11.2 Å². The third-order valence-electron chi connectivity index (χ3n) is 1.90. The number of hydrogen-bond donors (Lipinski definition) is 1. The molecule has 0 bridgehead atoms. The van der Waals surface area contributed by atoms with Crippen LogP contribution >= 0.6 is 11.8 Å². The fourth-order valence-electron chi connectivity index (χ4n) is 1.25. The monoisotopic (exact) mass is 258 g/mol. The van der Waals surface area contributed by atoms with Crippen LogP contribution in [0.25, 0.3) is 0 Å². The average molecular weight is 258 g/mol. The van der Waals surface area contributed by atoms with E-state index in [2.05, 4.69) is 0 Å². The number of nitro groups is 1. The van der Waals surface area contributed by atoms with Crippen molar-refractivity contribution in [1.29, 1.82) is 0 Å². The van der Waals surface area contributed by atoms with Crippen molar-refractivity contribution in [3.05, 3.63) is 39.7 Å². The summed E-state index contributed by atoms with van der Waals surface area (Å²) in [6.45, 7) is 3.79. The maximum absolute atomic E-state index is 13.1. The molecule has 0 aliphatic carbocycles. The molecule has 0 aromatic heterocycles. The molecule has 0 saturated heterocycles. The second-order valence-electron chi connectivity index (χ2n) is 4.56. The summed E-state index contributed by atoms with van der Waals surface area (Å²) in [5.41, 5.74) is 5.89. The highest BCUT2D eigenvalue weighted by atomic mass is 32.2. The zero-order valence-electron chi connectivity index (χ0n) is 9.77. The van der Waals surface area contributed by atoms with Crippen LogP contribution in [0.15, 0.2) is 18.2 Å². The number of hydrogen-bond acceptors (Lipinski definition) is 4. The first-order valence-electron chi connectivity index (χ1n) is 5.08. The molecule has 0 atom stereocenters. The lowest BCUT2D eigenvalue weighted by Crippen LogP contribution is -2.34. The van der Waals surface area contributed by atoms with Gasteiger partial charge in [-0.15, -0.1) is 0 Å². The lowest BCUT2D eigenvalue weighted by Gasteiger charge is -2.17. The van der Waals surface area contributed by atoms with E-state index in [4.69, 9.17) is 5.73 Å². The Morgan fingerprint density at radius 3 is 2.65 bits per heavy atom. The summed E-state index contributed by atoms with van der Waals surface area (Å²) in [6, 6.07) is 3.62. The van der Waals surface area contributed by atoms with Gasteiger partial charge in [0.25, 0.3) is 5.69 Å². The Hall–Kier alpha value is -1.14. The number of benzene rings is 1. The first-order chi connectivity index (χ1) is 7.78. The summed E-state index contributed by atoms with van der Waals surface area (Å²) in [5.74, 6) is 0.637. The third-order valence-corrected chi connectivity index (χ3v) is 3.38. The van der Waals surface area contributed by atoms with Gasteiger partial charge in [-0.2, -0.15) is 11.8 Å². The average Bonchev–Trinajstić information content (AvgIpc) is 2.14. The Labute approximate surface area is 104 Å². The molecule has 6 heteroatoms. The Bertz CT molecular complexity index is 418. The van der Waals surface area contributed by atoms with Crippen LogP contribution in [0.3, 0.4) is 0 Å². The largest absolute Gasteiger partial charge is 0.325 e. The smallest absolute Gasteiger partial charge is 0.272 e. The lowest BCUT2D eigenvalue weighted by molar-refractivity contribution is -0.385. The normalized spacial score (nSPS) is 11.5. The molecule has 0 aliphatic heterocycles. The van der Waals surface area contributed by atoms with Gasteiger partial charge < -0.3 is 5.73 Å². The van der Waals surface area contributed by atoms with Crippen molar-refractivity contribution < 1.29 is 9.31 Å². The molecule has 17 heavy (non-hydrogen) atoms. The van der Waals surface area contributed by atoms with Crippen LogP contribution < -0.4 is 5.73 Å². The number of thioether (sulfide) groups is 1. The summed E-state index contributed by atoms with van der Waals surface area (Å²) >= 11 is 1.53. The number of halogens is 1. The lowest BCUT2D eigenvalue weighted by atomic mass is 10.1. The molecule has 0 radical (unpaired) electrons. The van der Waals surface area contributed by atoms with E-state index >= 15 is 0 Å². The molecule has 0 unspecified atom stereocenters. The van der Waals surface area contributed by atoms with Gasteiger partial charge >= 0.3 is 0 Å². The minimum absolute atomic E-state index is 0.215. The highest BCUT2D eigenvalue weighted by molar-refractivity contribution is 7.98. The molecule has 0 aliphatic rings. The van der Waals surface area contributed by atoms with E-state index in [0.717, 1.165) is 6.07 Å². The van der Waals surface area contributed by atoms with Crippen LogP contribution in [0.1, 0.15) is 19.4 Å². The molecule has 0 spiro atoms. The third kappa shape index (κ3) is 5.14. The van der Waals surface area contributed by atoms with Crippen LogP contribution in [0, 0.1) is 15.9 Å². The maximum atomic E-state index is 13.1. The second-order valence-corrected chi connectivity index (χ2v) is 5.54. The van der Waals surface area contributed by atoms with E-state index in [1.54, 1.807) is 0 Å². The summed E-state index contributed by atoms with van der Waals surface area (Å²) in [4.78, 5) is 9.96. The van der Waals surface area contributed by atoms with Crippen molar-refractivity contribution in [2.24, 2.45) is 5.73 Å². The van der Waals surface area contributed by atoms with Gasteiger partial charge in [-0.3, -0.25) is 10.1 Å². The van der Waals surface area contributed by atoms with Crippen molar-refractivity contribution in [1.82, 2.24) is 0 Å². The van der Waals surface area contributed by atoms with Gasteiger partial charge in [0.2, 0.25) is 0 Å². The van der Waals surface area contributed by atoms with E-state index < -0.39 is 10.7 Å². The van der Waals surface area contributed by atoms with Crippen molar-refractivity contribution in [2.75, 3.05) is 5.75 Å². The SMILES string of the molecule is CC(C)(N)CSCc1cc(F)cc([N+](=O)[O-])c1. The summed E-state index contributed by atoms with van der Waals surface area (Å²) in [6.07, 6.45) is 0. The Kier molecular flexibility index (Phi) is 4.47. The number of nitrogens with zero attached hydrogens (tertiary/aromatic N) is 1. The molecule has 0 saturated carbocycles. The van der Waals surface area contributed by atoms with Gasteiger partial charge in [0, 0.05) is 23.1 Å². The van der Waals surface area contributed by atoms with Gasteiger partial charge in [-0.25, -0.2) is 4.39 Å². The molecule has 2 N–H and O–H groups in total. The van der Waals surface area contributed by atoms with E-state index in [0.29, 0.717) is 17.1 Å². The predicted octanol–water partition coefficient (Wildman–Crippen LogP) is 2.70. The molecular weight excluding hydrogens is 243 g/mol. The summed E-state index contributed by atoms with van der Waals surface area (Å²) < 4.78 is 13.1. The fraction of sp³-hybridized carbons (Fsp3) is 0.455. The number of nitrogens with two attached hydrogens (primary N) is 1. The predicted molar refractivity (Wildman–Crippen MR) is 67.5 cm³/mol. The van der Waals surface area contributed by atoms with Crippen molar-refractivity contribution >= 4 is 17.4 Å². The molecule has 0 heterocycles. The van der Waals surface area contributed by atoms with Crippen LogP contribution in [-0.2, 0) is 5.75 Å². The van der Waals surface area contributed by atoms with Crippen LogP contribution in [0.4, 0.5) is 10.1 Å². The van der Waals surface area contributed by atoms with E-state index in [1.807, 2.05) is 13.8 Å². The van der Waals surface area contributed by atoms with Crippen molar-refractivity contribution in [2.45, 2.75) is 25.1 Å². The zero-order chi connectivity index (χ0) is 13.1. The minimum atomic E-state index is -0.593. The standard InChI is InChI=1S/C11H15FN2O2S/c1-11(2,13)7-17-6-8-3-9(12)5-10(4-8)14(15)16/h3-5H,6-7,13H2,1-2H3. The quantitative estimate of drug-likeness (QED) is 0.651. The number of non-ortho nitro benzene ring substituents is 1. The first kappa shape index (κ1) is 13.9. The summed E-state index contributed by atoms with van der Waals surface area (Å²) in [7, 11) is 0. The second kappa shape index (κ2) is 5.46. The molecule has 0 amide bonds. The Morgan fingerprint density at radius 2 is 2.12 bits per heavy atom. The summed E-state index contributed by atoms with van der Waals surface area (Å²) in [5, 5.41) is 10.6. The molecule has 1 aromatic carbocycles. The first-order valence-corrected chi connectivity index (χ1v) is 6.24. The fourth-order valence-corrected chi connectivity index (χ4v) is 2.28.